The van der Waals surface area contributed by atoms with Crippen molar-refractivity contribution < 1.29 is 23.9 Å². The summed E-state index contributed by atoms with van der Waals surface area (Å²) in [5, 5.41) is 9.82. The van der Waals surface area contributed by atoms with Gasteiger partial charge in [-0.25, -0.2) is 4.79 Å². The van der Waals surface area contributed by atoms with E-state index >= 15 is 0 Å². The van der Waals surface area contributed by atoms with Crippen LogP contribution in [0, 0.1) is 5.92 Å². The van der Waals surface area contributed by atoms with Gasteiger partial charge in [0.2, 0.25) is 0 Å². The molecule has 1 saturated heterocycles. The van der Waals surface area contributed by atoms with Crippen LogP contribution in [0.5, 0.6) is 0 Å². The molecular weight excluding hydrogens is 326 g/mol. The van der Waals surface area contributed by atoms with Crippen LogP contribution in [0.1, 0.15) is 32.3 Å². The van der Waals surface area contributed by atoms with Gasteiger partial charge in [-0.05, 0) is 18.9 Å². The van der Waals surface area contributed by atoms with E-state index in [0.29, 0.717) is 25.2 Å². The molecule has 1 aromatic carbocycles. The highest BCUT2D eigenvalue weighted by atomic mass is 32.1. The van der Waals surface area contributed by atoms with E-state index in [1.807, 2.05) is 44.2 Å². The molecule has 0 aromatic heterocycles. The summed E-state index contributed by atoms with van der Waals surface area (Å²) < 4.78 is 5.37. The first-order chi connectivity index (χ1) is 11.5. The van der Waals surface area contributed by atoms with Gasteiger partial charge >= 0.3 is 12.0 Å². The Morgan fingerprint density at radius 2 is 2.04 bits per heavy atom. The van der Waals surface area contributed by atoms with Gasteiger partial charge < -0.3 is 9.84 Å². The Bertz CT molecular complexity index is 576. The third kappa shape index (κ3) is 3.66. The number of carboxylic acid groups (broad SMARTS) is 1. The molecule has 1 unspecified atom stereocenters. The number of rotatable bonds is 6. The van der Waals surface area contributed by atoms with Crippen molar-refractivity contribution in [3.63, 3.8) is 0 Å². The summed E-state index contributed by atoms with van der Waals surface area (Å²) in [6.07, 6.45) is -0.164. The molecule has 6 heteroatoms. The summed E-state index contributed by atoms with van der Waals surface area (Å²) in [4.78, 5) is 24.9. The third-order valence-corrected chi connectivity index (χ3v) is 5.41. The monoisotopic (exact) mass is 352 g/mol. The number of ether oxygens (including phenoxy) is 1. The molecule has 4 atom stereocenters. The minimum Gasteiger partial charge on any atom is -0.435 e. The van der Waals surface area contributed by atoms with E-state index in [1.54, 1.807) is 0 Å². The van der Waals surface area contributed by atoms with Gasteiger partial charge in [-0.2, -0.15) is 21.9 Å². The van der Waals surface area contributed by atoms with E-state index < -0.39 is 10.6 Å². The summed E-state index contributed by atoms with van der Waals surface area (Å²) in [5.41, 5.74) is 1.04. The smallest absolute Gasteiger partial charge is 0.435 e. The third-order valence-electron chi connectivity index (χ3n) is 4.97. The lowest BCUT2D eigenvalue weighted by molar-refractivity contribution is -0.795. The first-order valence-electron chi connectivity index (χ1n) is 8.37. The van der Waals surface area contributed by atoms with Crippen LogP contribution in [0.4, 0.5) is 4.79 Å². The van der Waals surface area contributed by atoms with Crippen LogP contribution >= 0.6 is 12.6 Å². The van der Waals surface area contributed by atoms with Crippen LogP contribution in [0.25, 0.3) is 0 Å². The summed E-state index contributed by atoms with van der Waals surface area (Å²) in [5.74, 6) is -0.233. The molecule has 1 aromatic rings. The molecule has 1 N–H and O–H groups in total. The van der Waals surface area contributed by atoms with Gasteiger partial charge in [0.25, 0.3) is 0 Å². The molecule has 2 amide bonds. The minimum atomic E-state index is -1.08. The molecule has 24 heavy (non-hydrogen) atoms. The van der Waals surface area contributed by atoms with Crippen LogP contribution < -0.4 is 0 Å². The van der Waals surface area contributed by atoms with Crippen LogP contribution in [0.15, 0.2) is 30.3 Å². The molecule has 0 saturated carbocycles. The van der Waals surface area contributed by atoms with E-state index in [0.717, 1.165) is 5.56 Å². The summed E-state index contributed by atoms with van der Waals surface area (Å²) >= 11 is 4.22. The first kappa shape index (κ1) is 19.0. The lowest BCUT2D eigenvalue weighted by Gasteiger charge is -2.32. The Kier molecular flexibility index (Phi) is 6.43. The molecular formula is C18H26NO4S+. The van der Waals surface area contributed by atoms with Crippen molar-refractivity contribution in [1.82, 2.24) is 0 Å². The number of hydrogen-bond acceptors (Lipinski definition) is 4. The van der Waals surface area contributed by atoms with Crippen molar-refractivity contribution in [2.75, 3.05) is 12.3 Å². The molecule has 0 aliphatic carbocycles. The lowest BCUT2D eigenvalue weighted by atomic mass is 10.0. The van der Waals surface area contributed by atoms with Crippen molar-refractivity contribution >= 4 is 24.6 Å². The van der Waals surface area contributed by atoms with Crippen molar-refractivity contribution in [2.24, 2.45) is 5.92 Å². The van der Waals surface area contributed by atoms with E-state index in [-0.39, 0.29) is 30.5 Å². The zero-order chi connectivity index (χ0) is 17.7. The second kappa shape index (κ2) is 8.14. The predicted octanol–water partition coefficient (Wildman–Crippen LogP) is 3.34. The normalized spacial score (nSPS) is 27.8. The summed E-state index contributed by atoms with van der Waals surface area (Å²) in [6, 6.07) is 9.46. The number of benzene rings is 1. The highest BCUT2D eigenvalue weighted by molar-refractivity contribution is 7.80. The number of amides is 2. The van der Waals surface area contributed by atoms with Crippen LogP contribution in [0.3, 0.4) is 0 Å². The van der Waals surface area contributed by atoms with Crippen LogP contribution in [0.2, 0.25) is 0 Å². The molecule has 1 fully saturated rings. The number of imide groups is 1. The minimum absolute atomic E-state index is 0.187. The molecule has 1 aliphatic rings. The van der Waals surface area contributed by atoms with Crippen LogP contribution in [-0.4, -0.2) is 46.0 Å². The highest BCUT2D eigenvalue weighted by Crippen LogP contribution is 2.33. The number of hydrogen-bond donors (Lipinski definition) is 2. The Balaban J connectivity index is 2.12. The number of quaternary nitrogens is 1. The SMILES string of the molecule is CCC(CS)C(=O)[N@@+]1(C(=O)O)C[C@H](OCc2ccccc2)C[C@H]1C. The molecule has 2 rings (SSSR count). The fourth-order valence-corrected chi connectivity index (χ4v) is 3.84. The Hall–Kier alpha value is -1.37. The van der Waals surface area contributed by atoms with E-state index in [9.17, 15) is 14.7 Å². The number of carbonyl (C=O) groups is 2. The van der Waals surface area contributed by atoms with Gasteiger partial charge in [-0.1, -0.05) is 37.3 Å². The second-order valence-electron chi connectivity index (χ2n) is 6.46. The zero-order valence-electron chi connectivity index (χ0n) is 14.2. The second-order valence-corrected chi connectivity index (χ2v) is 6.83. The van der Waals surface area contributed by atoms with Gasteiger partial charge in [0.1, 0.15) is 18.7 Å². The van der Waals surface area contributed by atoms with Gasteiger partial charge in [-0.3, -0.25) is 0 Å². The molecule has 132 valence electrons. The summed E-state index contributed by atoms with van der Waals surface area (Å²) in [7, 11) is 0. The average Bonchev–Trinajstić information content (AvgIpc) is 2.92. The predicted molar refractivity (Wildman–Crippen MR) is 94.9 cm³/mol. The Labute approximate surface area is 148 Å². The lowest BCUT2D eigenvalue weighted by Crippen LogP contribution is -2.61. The number of likely N-dealkylation sites (tertiary alicyclic amines) is 1. The van der Waals surface area contributed by atoms with Gasteiger partial charge in [0.15, 0.2) is 0 Å². The largest absolute Gasteiger partial charge is 0.521 e. The van der Waals surface area contributed by atoms with Crippen molar-refractivity contribution in [1.29, 1.82) is 0 Å². The maximum Gasteiger partial charge on any atom is 0.521 e. The number of thiol groups is 1. The maximum atomic E-state index is 12.9. The zero-order valence-corrected chi connectivity index (χ0v) is 15.1. The standard InChI is InChI=1S/C18H25NO4S/c1-3-15(12-24)17(20)19(18(21)22)10-16(9-13(19)2)23-11-14-7-5-4-6-8-14/h4-8,13,15-16H,3,9-12H2,1-2H3,(H-,21,22,24)/p+1/t13-,15?,16-,19-/m1/s1. The molecule has 1 heterocycles. The molecule has 1 aliphatic heterocycles. The number of nitrogens with zero attached hydrogens (tertiary/aromatic N) is 1. The van der Waals surface area contributed by atoms with E-state index in [2.05, 4.69) is 12.6 Å². The maximum absolute atomic E-state index is 12.9. The van der Waals surface area contributed by atoms with Crippen molar-refractivity contribution in [3.8, 4) is 0 Å². The average molecular weight is 352 g/mol. The highest BCUT2D eigenvalue weighted by Gasteiger charge is 2.58. The van der Waals surface area contributed by atoms with Gasteiger partial charge in [0, 0.05) is 12.2 Å². The summed E-state index contributed by atoms with van der Waals surface area (Å²) in [6.45, 7) is 4.33. The van der Waals surface area contributed by atoms with Crippen molar-refractivity contribution in [3.05, 3.63) is 35.9 Å². The van der Waals surface area contributed by atoms with E-state index in [4.69, 9.17) is 4.74 Å². The fraction of sp³-hybridized carbons (Fsp3) is 0.556. The Morgan fingerprint density at radius 1 is 1.38 bits per heavy atom. The van der Waals surface area contributed by atoms with Gasteiger partial charge in [-0.15, -0.1) is 0 Å². The molecule has 0 radical (unpaired) electrons. The molecule has 0 spiro atoms. The van der Waals surface area contributed by atoms with Gasteiger partial charge in [0.05, 0.1) is 12.5 Å². The topological polar surface area (TPSA) is 63.6 Å². The van der Waals surface area contributed by atoms with Crippen LogP contribution in [-0.2, 0) is 16.1 Å². The van der Waals surface area contributed by atoms with Crippen molar-refractivity contribution in [2.45, 2.75) is 45.4 Å². The molecule has 0 bridgehead atoms. The fourth-order valence-electron chi connectivity index (χ4n) is 3.42. The number of carbonyl (C=O) groups excluding carboxylic acids is 1. The molecule has 5 nitrogen and oxygen atoms in total. The Morgan fingerprint density at radius 3 is 2.58 bits per heavy atom. The quantitative estimate of drug-likeness (QED) is 0.609. The van der Waals surface area contributed by atoms with E-state index in [1.165, 1.54) is 0 Å². The first-order valence-corrected chi connectivity index (χ1v) is 9.01.